The van der Waals surface area contributed by atoms with Crippen LogP contribution in [-0.4, -0.2) is 34.4 Å². The zero-order valence-electron chi connectivity index (χ0n) is 14.5. The SMILES string of the molecule is COCC(=O)N1c2ncnn2[C@@H](c2ccccc2)C[C@H]1c1ccccc1. The highest BCUT2D eigenvalue weighted by atomic mass is 16.5. The first-order valence-corrected chi connectivity index (χ1v) is 8.60. The number of fused-ring (bicyclic) bond motifs is 1. The number of amides is 1. The van der Waals surface area contributed by atoms with E-state index in [0.29, 0.717) is 5.95 Å². The molecule has 2 heterocycles. The Balaban J connectivity index is 1.82. The molecule has 1 aliphatic rings. The minimum atomic E-state index is -0.124. The summed E-state index contributed by atoms with van der Waals surface area (Å²) < 4.78 is 6.93. The predicted molar refractivity (Wildman–Crippen MR) is 97.8 cm³/mol. The molecule has 0 radical (unpaired) electrons. The molecule has 0 aliphatic carbocycles. The van der Waals surface area contributed by atoms with Crippen molar-refractivity contribution in [3.05, 3.63) is 78.1 Å². The van der Waals surface area contributed by atoms with E-state index in [0.717, 1.165) is 17.5 Å². The van der Waals surface area contributed by atoms with Crippen LogP contribution in [0.3, 0.4) is 0 Å². The molecule has 2 atom stereocenters. The average molecular weight is 348 g/mol. The summed E-state index contributed by atoms with van der Waals surface area (Å²) in [4.78, 5) is 18.9. The second-order valence-corrected chi connectivity index (χ2v) is 6.29. The molecule has 132 valence electrons. The maximum Gasteiger partial charge on any atom is 0.255 e. The van der Waals surface area contributed by atoms with Gasteiger partial charge in [0.15, 0.2) is 0 Å². The fourth-order valence-electron chi connectivity index (χ4n) is 3.58. The van der Waals surface area contributed by atoms with Crippen LogP contribution in [0.25, 0.3) is 0 Å². The number of anilines is 1. The Labute approximate surface area is 152 Å². The van der Waals surface area contributed by atoms with Gasteiger partial charge in [0.25, 0.3) is 5.91 Å². The second kappa shape index (κ2) is 7.09. The van der Waals surface area contributed by atoms with E-state index in [2.05, 4.69) is 22.2 Å². The zero-order valence-corrected chi connectivity index (χ0v) is 14.5. The quantitative estimate of drug-likeness (QED) is 0.727. The fourth-order valence-corrected chi connectivity index (χ4v) is 3.58. The van der Waals surface area contributed by atoms with E-state index >= 15 is 0 Å². The highest BCUT2D eigenvalue weighted by molar-refractivity contribution is 5.93. The maximum absolute atomic E-state index is 12.8. The van der Waals surface area contributed by atoms with Gasteiger partial charge in [-0.1, -0.05) is 60.7 Å². The van der Waals surface area contributed by atoms with Gasteiger partial charge in [0, 0.05) is 7.11 Å². The molecule has 1 aromatic heterocycles. The predicted octanol–water partition coefficient (Wildman–Crippen LogP) is 2.99. The first-order valence-electron chi connectivity index (χ1n) is 8.60. The Morgan fingerprint density at radius 1 is 1.04 bits per heavy atom. The molecule has 0 N–H and O–H groups in total. The monoisotopic (exact) mass is 348 g/mol. The number of ether oxygens (including phenoxy) is 1. The molecule has 6 heteroatoms. The molecule has 26 heavy (non-hydrogen) atoms. The molecule has 0 saturated heterocycles. The van der Waals surface area contributed by atoms with Crippen molar-refractivity contribution in [1.29, 1.82) is 0 Å². The normalized spacial score (nSPS) is 19.2. The van der Waals surface area contributed by atoms with E-state index in [9.17, 15) is 4.79 Å². The number of nitrogens with zero attached hydrogens (tertiary/aromatic N) is 4. The topological polar surface area (TPSA) is 60.2 Å². The smallest absolute Gasteiger partial charge is 0.255 e. The Kier molecular flexibility index (Phi) is 4.50. The van der Waals surface area contributed by atoms with Gasteiger partial charge in [0.2, 0.25) is 5.95 Å². The molecule has 3 aromatic rings. The van der Waals surface area contributed by atoms with Gasteiger partial charge in [-0.25, -0.2) is 4.68 Å². The van der Waals surface area contributed by atoms with Gasteiger partial charge < -0.3 is 4.74 Å². The summed E-state index contributed by atoms with van der Waals surface area (Å²) in [6.07, 6.45) is 2.23. The van der Waals surface area contributed by atoms with Crippen LogP contribution >= 0.6 is 0 Å². The lowest BCUT2D eigenvalue weighted by Gasteiger charge is -2.39. The first kappa shape index (κ1) is 16.5. The minimum Gasteiger partial charge on any atom is -0.375 e. The van der Waals surface area contributed by atoms with Crippen molar-refractivity contribution in [3.63, 3.8) is 0 Å². The van der Waals surface area contributed by atoms with Crippen LogP contribution in [0.4, 0.5) is 5.95 Å². The molecule has 0 fully saturated rings. The lowest BCUT2D eigenvalue weighted by Crippen LogP contribution is -2.44. The molecule has 0 spiro atoms. The van der Waals surface area contributed by atoms with Crippen molar-refractivity contribution in [3.8, 4) is 0 Å². The summed E-state index contributed by atoms with van der Waals surface area (Å²) >= 11 is 0. The summed E-state index contributed by atoms with van der Waals surface area (Å²) in [5, 5.41) is 4.41. The van der Waals surface area contributed by atoms with Gasteiger partial charge in [-0.3, -0.25) is 9.69 Å². The highest BCUT2D eigenvalue weighted by Crippen LogP contribution is 2.41. The van der Waals surface area contributed by atoms with Crippen molar-refractivity contribution >= 4 is 11.9 Å². The number of aromatic nitrogens is 3. The summed E-state index contributed by atoms with van der Waals surface area (Å²) in [6, 6.07) is 20.2. The molecule has 4 rings (SSSR count). The van der Waals surface area contributed by atoms with E-state index < -0.39 is 0 Å². The van der Waals surface area contributed by atoms with Crippen LogP contribution in [0.5, 0.6) is 0 Å². The molecule has 6 nitrogen and oxygen atoms in total. The number of carbonyl (C=O) groups excluding carboxylic acids is 1. The molecule has 0 saturated carbocycles. The van der Waals surface area contributed by atoms with E-state index in [1.54, 1.807) is 4.90 Å². The first-order chi connectivity index (χ1) is 12.8. The summed E-state index contributed by atoms with van der Waals surface area (Å²) in [5.41, 5.74) is 2.23. The molecule has 0 bridgehead atoms. The lowest BCUT2D eigenvalue weighted by atomic mass is 9.92. The van der Waals surface area contributed by atoms with Gasteiger partial charge in [-0.05, 0) is 17.5 Å². The standard InChI is InChI=1S/C20H20N4O2/c1-26-13-19(25)23-17(15-8-4-2-5-9-15)12-18(16-10-6-3-7-11-16)24-20(23)21-14-22-24/h2-11,14,17-18H,12-13H2,1H3/t17-,18+/m0/s1. The Bertz CT molecular complexity index is 879. The van der Waals surface area contributed by atoms with E-state index in [-0.39, 0.29) is 24.6 Å². The Morgan fingerprint density at radius 2 is 1.65 bits per heavy atom. The number of rotatable bonds is 4. The van der Waals surface area contributed by atoms with Crippen LogP contribution in [0.2, 0.25) is 0 Å². The fraction of sp³-hybridized carbons (Fsp3) is 0.250. The van der Waals surface area contributed by atoms with Gasteiger partial charge >= 0.3 is 0 Å². The van der Waals surface area contributed by atoms with Gasteiger partial charge in [-0.2, -0.15) is 10.1 Å². The maximum atomic E-state index is 12.8. The van der Waals surface area contributed by atoms with E-state index in [4.69, 9.17) is 4.74 Å². The average Bonchev–Trinajstić information content (AvgIpc) is 3.18. The largest absolute Gasteiger partial charge is 0.375 e. The van der Waals surface area contributed by atoms with Gasteiger partial charge in [0.1, 0.15) is 12.9 Å². The number of hydrogen-bond donors (Lipinski definition) is 0. The summed E-state index contributed by atoms with van der Waals surface area (Å²) in [7, 11) is 1.52. The third-order valence-corrected chi connectivity index (χ3v) is 4.73. The van der Waals surface area contributed by atoms with Crippen LogP contribution < -0.4 is 4.90 Å². The van der Waals surface area contributed by atoms with Crippen LogP contribution in [-0.2, 0) is 9.53 Å². The molecule has 2 aromatic carbocycles. The Hall–Kier alpha value is -2.99. The molecular weight excluding hydrogens is 328 g/mol. The van der Waals surface area contributed by atoms with E-state index in [1.807, 2.05) is 53.2 Å². The Morgan fingerprint density at radius 3 is 2.27 bits per heavy atom. The summed E-state index contributed by atoms with van der Waals surface area (Å²) in [5.74, 6) is 0.433. The number of hydrogen-bond acceptors (Lipinski definition) is 4. The lowest BCUT2D eigenvalue weighted by molar-refractivity contribution is -0.123. The van der Waals surface area contributed by atoms with Crippen LogP contribution in [0, 0.1) is 0 Å². The minimum absolute atomic E-state index is 0.00615. The van der Waals surface area contributed by atoms with Crippen molar-refractivity contribution in [2.45, 2.75) is 18.5 Å². The van der Waals surface area contributed by atoms with Crippen molar-refractivity contribution < 1.29 is 9.53 Å². The molecular formula is C20H20N4O2. The number of methoxy groups -OCH3 is 1. The number of benzene rings is 2. The highest BCUT2D eigenvalue weighted by Gasteiger charge is 2.39. The number of carbonyl (C=O) groups is 1. The zero-order chi connectivity index (χ0) is 17.9. The van der Waals surface area contributed by atoms with Gasteiger partial charge in [0.05, 0.1) is 12.1 Å². The molecule has 1 aliphatic heterocycles. The second-order valence-electron chi connectivity index (χ2n) is 6.29. The van der Waals surface area contributed by atoms with Crippen LogP contribution in [0.1, 0.15) is 29.6 Å². The van der Waals surface area contributed by atoms with Crippen molar-refractivity contribution in [2.75, 3.05) is 18.6 Å². The third-order valence-electron chi connectivity index (χ3n) is 4.73. The van der Waals surface area contributed by atoms with Gasteiger partial charge in [-0.15, -0.1) is 0 Å². The summed E-state index contributed by atoms with van der Waals surface area (Å²) in [6.45, 7) is 0.00615. The van der Waals surface area contributed by atoms with Crippen molar-refractivity contribution in [2.24, 2.45) is 0 Å². The van der Waals surface area contributed by atoms with E-state index in [1.165, 1.54) is 13.4 Å². The molecule has 1 amide bonds. The van der Waals surface area contributed by atoms with Crippen LogP contribution in [0.15, 0.2) is 67.0 Å². The van der Waals surface area contributed by atoms with Crippen molar-refractivity contribution in [1.82, 2.24) is 14.8 Å². The molecule has 0 unspecified atom stereocenters. The third kappa shape index (κ3) is 2.88.